The summed E-state index contributed by atoms with van der Waals surface area (Å²) in [6, 6.07) is 16.3. The van der Waals surface area contributed by atoms with Crippen LogP contribution in [-0.2, 0) is 9.47 Å². The number of benzene rings is 2. The number of hydrogen-bond acceptors (Lipinski definition) is 11. The molecule has 0 atom stereocenters. The van der Waals surface area contributed by atoms with Crippen LogP contribution in [0, 0.1) is 11.6 Å². The van der Waals surface area contributed by atoms with E-state index in [1.807, 2.05) is 67.5 Å². The highest BCUT2D eigenvalue weighted by molar-refractivity contribution is 5.94. The largest absolute Gasteiger partial charge is 0.476 e. The monoisotopic (exact) mass is 1010 g/mol. The van der Waals surface area contributed by atoms with Gasteiger partial charge in [-0.3, -0.25) is 4.79 Å². The average Bonchev–Trinajstić information content (AvgIpc) is 4.24. The number of nitrogens with zero attached hydrogens (tertiary/aromatic N) is 9. The van der Waals surface area contributed by atoms with Gasteiger partial charge in [0, 0.05) is 68.5 Å². The van der Waals surface area contributed by atoms with E-state index in [4.69, 9.17) is 24.7 Å². The second-order valence-corrected chi connectivity index (χ2v) is 22.5. The first kappa shape index (κ1) is 52.3. The molecule has 10 rings (SSSR count). The van der Waals surface area contributed by atoms with Crippen LogP contribution in [0.1, 0.15) is 140 Å². The Morgan fingerprint density at radius 2 is 1.10 bits per heavy atom. The Morgan fingerprint density at radius 3 is 1.51 bits per heavy atom. The van der Waals surface area contributed by atoms with Crippen molar-refractivity contribution < 1.29 is 44.0 Å². The smallest absolute Gasteiger partial charge is 0.410 e. The Labute approximate surface area is 425 Å². The molecule has 0 bridgehead atoms. The molecule has 73 heavy (non-hydrogen) atoms. The van der Waals surface area contributed by atoms with Crippen LogP contribution in [0.5, 0.6) is 0 Å². The second-order valence-electron chi connectivity index (χ2n) is 22.5. The number of halogens is 2. The third-order valence-electron chi connectivity index (χ3n) is 12.7. The third-order valence-corrected chi connectivity index (χ3v) is 12.7. The molecule has 2 aliphatic carbocycles. The molecule has 2 saturated heterocycles. The molecule has 17 nitrogen and oxygen atoms in total. The van der Waals surface area contributed by atoms with Crippen molar-refractivity contribution in [2.24, 2.45) is 0 Å². The van der Waals surface area contributed by atoms with E-state index < -0.39 is 22.7 Å². The summed E-state index contributed by atoms with van der Waals surface area (Å²) in [6.07, 6.45) is 6.77. The van der Waals surface area contributed by atoms with E-state index in [-0.39, 0.29) is 42.4 Å². The average molecular weight is 1010 g/mol. The predicted molar refractivity (Wildman–Crippen MR) is 273 cm³/mol. The number of aromatic carboxylic acids is 1. The molecule has 2 saturated carbocycles. The summed E-state index contributed by atoms with van der Waals surface area (Å²) in [5, 5.41) is 21.6. The van der Waals surface area contributed by atoms with E-state index in [1.165, 1.54) is 35.0 Å². The van der Waals surface area contributed by atoms with Crippen molar-refractivity contribution in [1.82, 2.24) is 49.2 Å². The number of carboxylic acids is 1. The summed E-state index contributed by atoms with van der Waals surface area (Å²) < 4.78 is 40.5. The van der Waals surface area contributed by atoms with Gasteiger partial charge in [0.2, 0.25) is 0 Å². The Balaban J connectivity index is 0.000000179. The van der Waals surface area contributed by atoms with Gasteiger partial charge in [-0.05, 0) is 167 Å². The lowest BCUT2D eigenvalue weighted by atomic mass is 9.98. The maximum absolute atomic E-state index is 13.6. The van der Waals surface area contributed by atoms with Crippen molar-refractivity contribution in [1.29, 1.82) is 0 Å². The van der Waals surface area contributed by atoms with E-state index in [0.29, 0.717) is 66.4 Å². The van der Waals surface area contributed by atoms with E-state index in [1.54, 1.807) is 49.7 Å². The summed E-state index contributed by atoms with van der Waals surface area (Å²) in [7, 11) is 0. The van der Waals surface area contributed by atoms with Gasteiger partial charge in [-0.25, -0.2) is 42.2 Å². The third kappa shape index (κ3) is 13.0. The first-order chi connectivity index (χ1) is 34.2. The van der Waals surface area contributed by atoms with Crippen LogP contribution >= 0.6 is 0 Å². The number of hydrogen-bond donors (Lipinski definition) is 2. The summed E-state index contributed by atoms with van der Waals surface area (Å²) in [5.74, 6) is -1.09. The fourth-order valence-electron chi connectivity index (χ4n) is 8.90. The van der Waals surface area contributed by atoms with Crippen molar-refractivity contribution in [2.75, 3.05) is 39.3 Å². The van der Waals surface area contributed by atoms with Gasteiger partial charge in [0.1, 0.15) is 28.5 Å². The number of imidazole rings is 2. The molecule has 3 amide bonds. The summed E-state index contributed by atoms with van der Waals surface area (Å²) in [5.41, 5.74) is 5.00. The number of nitrogens with one attached hydrogen (secondary N) is 1. The molecule has 19 heteroatoms. The van der Waals surface area contributed by atoms with Crippen molar-refractivity contribution in [3.63, 3.8) is 0 Å². The zero-order valence-corrected chi connectivity index (χ0v) is 43.3. The highest BCUT2D eigenvalue weighted by Gasteiger charge is 2.41. The van der Waals surface area contributed by atoms with Gasteiger partial charge in [-0.15, -0.1) is 0 Å². The van der Waals surface area contributed by atoms with E-state index >= 15 is 0 Å². The first-order valence-corrected chi connectivity index (χ1v) is 24.8. The Morgan fingerprint density at radius 1 is 0.658 bits per heavy atom. The number of rotatable bonds is 6. The van der Waals surface area contributed by atoms with Gasteiger partial charge in [-0.2, -0.15) is 10.2 Å². The van der Waals surface area contributed by atoms with E-state index in [9.17, 15) is 28.0 Å². The number of amides is 3. The first-order valence-electron chi connectivity index (χ1n) is 24.8. The number of carbonyl (C=O) groups excluding carboxylic acids is 3. The summed E-state index contributed by atoms with van der Waals surface area (Å²) >= 11 is 0. The topological polar surface area (TPSA) is 189 Å². The quantitative estimate of drug-likeness (QED) is 0.161. The maximum Gasteiger partial charge on any atom is 0.410 e. The molecule has 4 aliphatic rings. The lowest BCUT2D eigenvalue weighted by Gasteiger charge is -2.46. The number of piperazine rings is 2. The maximum atomic E-state index is 13.6. The molecule has 2 aliphatic heterocycles. The second kappa shape index (κ2) is 20.1. The molecule has 0 unspecified atom stereocenters. The van der Waals surface area contributed by atoms with Crippen molar-refractivity contribution in [3.05, 3.63) is 107 Å². The number of fused-ring (bicyclic) bond motifs is 2. The molecule has 0 radical (unpaired) electrons. The number of carbonyl (C=O) groups is 4. The van der Waals surface area contributed by atoms with Gasteiger partial charge in [0.05, 0.1) is 29.3 Å². The molecule has 2 N–H and O–H groups in total. The fourth-order valence-corrected chi connectivity index (χ4v) is 8.90. The molecule has 390 valence electrons. The van der Waals surface area contributed by atoms with Crippen LogP contribution in [0.15, 0.2) is 73.1 Å². The van der Waals surface area contributed by atoms with Gasteiger partial charge >= 0.3 is 18.2 Å². The Kier molecular flexibility index (Phi) is 14.4. The molecule has 4 aromatic heterocycles. The van der Waals surface area contributed by atoms with Crippen LogP contribution in [0.25, 0.3) is 33.8 Å². The number of aromatic nitrogens is 6. The zero-order chi connectivity index (χ0) is 52.8. The van der Waals surface area contributed by atoms with Crippen LogP contribution in [-0.4, -0.2) is 135 Å². The van der Waals surface area contributed by atoms with Gasteiger partial charge in [0.15, 0.2) is 17.0 Å². The molecule has 6 aromatic rings. The summed E-state index contributed by atoms with van der Waals surface area (Å²) in [4.78, 5) is 63.2. The molecule has 2 aromatic carbocycles. The van der Waals surface area contributed by atoms with Crippen molar-refractivity contribution in [2.45, 2.75) is 129 Å². The number of carboxylic acid groups (broad SMARTS) is 1. The van der Waals surface area contributed by atoms with Crippen LogP contribution < -0.4 is 5.32 Å². The molecular formula is C54H68F2N10O7. The molecule has 6 heterocycles. The molecular weight excluding hydrogens is 939 g/mol. The van der Waals surface area contributed by atoms with E-state index in [0.717, 1.165) is 61.0 Å². The molecule has 4 fully saturated rings. The summed E-state index contributed by atoms with van der Waals surface area (Å²) in [6.45, 7) is 22.6. The van der Waals surface area contributed by atoms with Gasteiger partial charge in [0.25, 0.3) is 5.91 Å². The van der Waals surface area contributed by atoms with Crippen LogP contribution in [0.3, 0.4) is 0 Å². The standard InChI is InChI=1S/C27H32FN5O3.C16H12FN3O2.C11H22N2O2.H2/c1-26(2,3)36-25(35)31-12-13-32(27(4,5)16-31)24(34)22-15-33-23(29-22)20(17-6-7-17)14-21(30-33)18-8-10-19(28)11-9-18;17-11-5-3-10(4-6-11)13-7-12(9-1-2-9)15-18-14(16(21)22)8-20(15)19-13;1-10(2,3)15-9(14)13-7-6-12-11(4,5)8-13;/h8-11,14-15,17H,6-7,12-13,16H2,1-5H3;3-9H,1-2H2,(H,21,22);12H,6-8H2,1-5H3;1H. The van der Waals surface area contributed by atoms with Crippen LogP contribution in [0.4, 0.5) is 18.4 Å². The minimum Gasteiger partial charge on any atom is -0.476 e. The predicted octanol–water partition coefficient (Wildman–Crippen LogP) is 9.85. The number of ether oxygens (including phenoxy) is 2. The Hall–Kier alpha value is -7.02. The zero-order valence-electron chi connectivity index (χ0n) is 43.3. The Bertz CT molecular complexity index is 3030. The highest BCUT2D eigenvalue weighted by Crippen LogP contribution is 2.44. The van der Waals surface area contributed by atoms with Gasteiger partial charge < -0.3 is 34.6 Å². The minimum atomic E-state index is -1.07. The minimum absolute atomic E-state index is 0. The SMILES string of the molecule is CC(C)(C)OC(=O)N1CCN(C(=O)c2cn3nc(-c4ccc(F)cc4)cc(C4CC4)c3n2)C(C)(C)C1.CC1(C)CN(C(=O)OC(C)(C)C)CCN1.O=C(O)c1cn2nc(-c3ccc(F)cc3)cc(C3CC3)c2n1.[HH]. The van der Waals surface area contributed by atoms with Crippen LogP contribution in [0.2, 0.25) is 0 Å². The van der Waals surface area contributed by atoms with Gasteiger partial charge in [-0.1, -0.05) is 0 Å². The molecule has 0 spiro atoms. The van der Waals surface area contributed by atoms with Crippen molar-refractivity contribution >= 4 is 35.4 Å². The normalized spacial score (nSPS) is 17.6. The lowest BCUT2D eigenvalue weighted by molar-refractivity contribution is -0.0110. The van der Waals surface area contributed by atoms with Crippen molar-refractivity contribution in [3.8, 4) is 22.5 Å². The van der Waals surface area contributed by atoms with E-state index in [2.05, 4.69) is 29.2 Å². The highest BCUT2D eigenvalue weighted by atomic mass is 19.1. The fraction of sp³-hybridized carbons (Fsp3) is 0.481. The lowest BCUT2D eigenvalue weighted by Crippen LogP contribution is -2.62.